The van der Waals surface area contributed by atoms with Gasteiger partial charge in [-0.15, -0.1) is 23.2 Å². The Morgan fingerprint density at radius 2 is 1.91 bits per heavy atom. The lowest BCUT2D eigenvalue weighted by Crippen LogP contribution is -2.42. The van der Waals surface area contributed by atoms with Crippen LogP contribution in [0.1, 0.15) is 20.3 Å². The van der Waals surface area contributed by atoms with Gasteiger partial charge in [0, 0.05) is 37.9 Å². The van der Waals surface area contributed by atoms with E-state index in [9.17, 15) is 4.57 Å². The second kappa shape index (κ2) is 10.8. The van der Waals surface area contributed by atoms with Gasteiger partial charge >= 0.3 is 7.67 Å². The Morgan fingerprint density at radius 1 is 1.35 bits per heavy atom. The molecule has 2 unspecified atom stereocenters. The summed E-state index contributed by atoms with van der Waals surface area (Å²) in [6, 6.07) is 0. The average molecular weight is 422 g/mol. The van der Waals surface area contributed by atoms with Crippen molar-refractivity contribution >= 4 is 59.2 Å². The molecule has 1 aliphatic heterocycles. The lowest BCUT2D eigenvalue weighted by atomic mass is 10.4. The van der Waals surface area contributed by atoms with Gasteiger partial charge in [0.25, 0.3) is 0 Å². The van der Waals surface area contributed by atoms with Crippen LogP contribution in [0.4, 0.5) is 0 Å². The fraction of sp³-hybridized carbons (Fsp3) is 0.923. The molecule has 0 aromatic heterocycles. The van der Waals surface area contributed by atoms with E-state index in [-0.39, 0.29) is 5.37 Å². The van der Waals surface area contributed by atoms with Crippen molar-refractivity contribution in [3.8, 4) is 0 Å². The van der Waals surface area contributed by atoms with E-state index in [0.29, 0.717) is 31.5 Å². The molecule has 10 heteroatoms. The first-order valence-electron chi connectivity index (χ1n) is 7.75. The number of hydrogen-bond donors (Lipinski definition) is 0. The van der Waals surface area contributed by atoms with Crippen LogP contribution >= 0.6 is 54.9 Å². The van der Waals surface area contributed by atoms with Crippen LogP contribution in [0.2, 0.25) is 0 Å². The highest BCUT2D eigenvalue weighted by Gasteiger charge is 2.43. The van der Waals surface area contributed by atoms with Crippen LogP contribution in [0.3, 0.4) is 0 Å². The van der Waals surface area contributed by atoms with Gasteiger partial charge in [-0.3, -0.25) is 4.57 Å². The highest BCUT2D eigenvalue weighted by molar-refractivity contribution is 8.23. The van der Waals surface area contributed by atoms with Crippen LogP contribution < -0.4 is 0 Å². The molecule has 0 N–H and O–H groups in total. The Bertz CT molecular complexity index is 424. The van der Waals surface area contributed by atoms with Crippen molar-refractivity contribution in [3.63, 3.8) is 0 Å². The number of alkyl halides is 2. The largest absolute Gasteiger partial charge is 0.358 e. The van der Waals surface area contributed by atoms with E-state index in [4.69, 9.17) is 39.9 Å². The number of rotatable bonds is 8. The van der Waals surface area contributed by atoms with E-state index in [2.05, 4.69) is 18.7 Å². The predicted molar refractivity (Wildman–Crippen MR) is 106 cm³/mol. The Morgan fingerprint density at radius 3 is 2.39 bits per heavy atom. The van der Waals surface area contributed by atoms with Crippen molar-refractivity contribution < 1.29 is 9.09 Å². The van der Waals surface area contributed by atoms with Gasteiger partial charge in [0.1, 0.15) is 4.32 Å². The molecule has 23 heavy (non-hydrogen) atoms. The summed E-state index contributed by atoms with van der Waals surface area (Å²) in [5.41, 5.74) is 0. The van der Waals surface area contributed by atoms with Crippen LogP contribution in [0, 0.1) is 0 Å². The van der Waals surface area contributed by atoms with Gasteiger partial charge in [-0.1, -0.05) is 24.0 Å². The standard InChI is InChI=1S/C13H26Cl2N3O2PS2/c1-4-17(5-2)13(22)23-12-6-11-20-21(19,16(12)3)18(9-7-14)10-8-15/h12H,4-11H2,1-3H3. The Kier molecular flexibility index (Phi) is 10.3. The third-order valence-corrected chi connectivity index (χ3v) is 8.78. The molecule has 0 aromatic rings. The fourth-order valence-corrected chi connectivity index (χ4v) is 7.34. The van der Waals surface area contributed by atoms with Gasteiger partial charge in [0.2, 0.25) is 0 Å². The van der Waals surface area contributed by atoms with Gasteiger partial charge in [-0.05, 0) is 27.3 Å². The number of hydrogen-bond acceptors (Lipinski definition) is 4. The molecule has 1 fully saturated rings. The highest BCUT2D eigenvalue weighted by atomic mass is 35.5. The first-order chi connectivity index (χ1) is 10.9. The number of halogens is 2. The second-order valence-electron chi connectivity index (χ2n) is 5.03. The number of thiocarbonyl (C=S) groups is 1. The van der Waals surface area contributed by atoms with E-state index >= 15 is 0 Å². The molecule has 1 saturated heterocycles. The smallest absolute Gasteiger partial charge is 0.346 e. The zero-order chi connectivity index (χ0) is 17.5. The maximum Gasteiger partial charge on any atom is 0.346 e. The topological polar surface area (TPSA) is 36.0 Å². The first-order valence-corrected chi connectivity index (χ1v) is 11.6. The molecule has 0 radical (unpaired) electrons. The van der Waals surface area contributed by atoms with E-state index in [0.717, 1.165) is 23.8 Å². The molecule has 0 saturated carbocycles. The van der Waals surface area contributed by atoms with E-state index in [1.807, 2.05) is 11.7 Å². The molecule has 1 aliphatic rings. The summed E-state index contributed by atoms with van der Waals surface area (Å²) in [6.07, 6.45) is 0.780. The van der Waals surface area contributed by atoms with Gasteiger partial charge in [0.05, 0.1) is 12.0 Å². The zero-order valence-corrected chi connectivity index (χ0v) is 18.0. The molecule has 0 spiro atoms. The number of nitrogens with zero attached hydrogens (tertiary/aromatic N) is 3. The lowest BCUT2D eigenvalue weighted by Gasteiger charge is -2.43. The molecule has 1 heterocycles. The van der Waals surface area contributed by atoms with E-state index in [1.165, 1.54) is 0 Å². The summed E-state index contributed by atoms with van der Waals surface area (Å²) >= 11 is 18.8. The van der Waals surface area contributed by atoms with Crippen LogP contribution in [0.5, 0.6) is 0 Å². The molecule has 0 bridgehead atoms. The minimum absolute atomic E-state index is 0.0239. The van der Waals surface area contributed by atoms with Gasteiger partial charge in [0.15, 0.2) is 0 Å². The van der Waals surface area contributed by atoms with E-state index in [1.54, 1.807) is 16.4 Å². The molecule has 2 atom stereocenters. The molecular weight excluding hydrogens is 396 g/mol. The molecule has 5 nitrogen and oxygen atoms in total. The average Bonchev–Trinajstić information content (AvgIpc) is 2.53. The zero-order valence-electron chi connectivity index (χ0n) is 13.9. The molecule has 1 rings (SSSR count). The summed E-state index contributed by atoms with van der Waals surface area (Å²) in [7, 11) is -1.28. The van der Waals surface area contributed by atoms with Crippen LogP contribution in [0.25, 0.3) is 0 Å². The van der Waals surface area contributed by atoms with Crippen molar-refractivity contribution in [3.05, 3.63) is 0 Å². The van der Waals surface area contributed by atoms with Gasteiger partial charge < -0.3 is 9.42 Å². The molecule has 0 aliphatic carbocycles. The number of thioether (sulfide) groups is 1. The summed E-state index contributed by atoms with van der Waals surface area (Å²) < 4.78 is 23.5. The molecule has 136 valence electrons. The monoisotopic (exact) mass is 421 g/mol. The maximum absolute atomic E-state index is 13.4. The third-order valence-electron chi connectivity index (χ3n) is 3.74. The third kappa shape index (κ3) is 5.71. The maximum atomic E-state index is 13.4. The van der Waals surface area contributed by atoms with Crippen molar-refractivity contribution in [2.24, 2.45) is 0 Å². The van der Waals surface area contributed by atoms with Gasteiger partial charge in [-0.25, -0.2) is 9.34 Å². The first kappa shape index (κ1) is 22.0. The lowest BCUT2D eigenvalue weighted by molar-refractivity contribution is 0.172. The summed E-state index contributed by atoms with van der Waals surface area (Å²) in [4.78, 5) is 2.13. The molecular formula is C13H26Cl2N3O2PS2. The molecule has 0 amide bonds. The SMILES string of the molecule is CCN(CC)C(=S)SC1CCOP(=O)(N(CCCl)CCCl)N1C. The second-order valence-corrected chi connectivity index (χ2v) is 10.0. The normalized spacial score (nSPS) is 25.7. The van der Waals surface area contributed by atoms with Crippen molar-refractivity contribution in [2.45, 2.75) is 25.6 Å². The van der Waals surface area contributed by atoms with Crippen LogP contribution in [0.15, 0.2) is 0 Å². The summed E-state index contributed by atoms with van der Waals surface area (Å²) in [5.74, 6) is 0.765. The van der Waals surface area contributed by atoms with E-state index < -0.39 is 7.67 Å². The Labute approximate surface area is 159 Å². The summed E-state index contributed by atoms with van der Waals surface area (Å²) in [6.45, 7) is 7.31. The van der Waals surface area contributed by atoms with Gasteiger partial charge in [-0.2, -0.15) is 0 Å². The van der Waals surface area contributed by atoms with Crippen molar-refractivity contribution in [1.82, 2.24) is 14.2 Å². The predicted octanol–water partition coefficient (Wildman–Crippen LogP) is 3.91. The molecule has 0 aromatic carbocycles. The van der Waals surface area contributed by atoms with Crippen LogP contribution in [-0.2, 0) is 9.09 Å². The minimum atomic E-state index is -3.11. The Balaban J connectivity index is 2.85. The fourth-order valence-electron chi connectivity index (χ4n) is 2.36. The summed E-state index contributed by atoms with van der Waals surface area (Å²) in [5, 5.41) is 0.0239. The Hall–Kier alpha value is 0.930. The highest BCUT2D eigenvalue weighted by Crippen LogP contribution is 2.58. The van der Waals surface area contributed by atoms with Crippen LogP contribution in [-0.4, -0.2) is 75.5 Å². The van der Waals surface area contributed by atoms with Crippen molar-refractivity contribution in [2.75, 3.05) is 51.6 Å². The van der Waals surface area contributed by atoms with Crippen molar-refractivity contribution in [1.29, 1.82) is 0 Å². The minimum Gasteiger partial charge on any atom is -0.358 e. The quantitative estimate of drug-likeness (QED) is 0.333.